The van der Waals surface area contributed by atoms with Gasteiger partial charge in [0.1, 0.15) is 11.6 Å². The van der Waals surface area contributed by atoms with Crippen LogP contribution >= 0.6 is 0 Å². The first-order valence-corrected chi connectivity index (χ1v) is 4.70. The summed E-state index contributed by atoms with van der Waals surface area (Å²) in [5, 5.41) is 0. The average molecular weight is 205 g/mol. The van der Waals surface area contributed by atoms with Crippen molar-refractivity contribution in [2.75, 3.05) is 11.4 Å². The van der Waals surface area contributed by atoms with Gasteiger partial charge in [-0.3, -0.25) is 14.5 Å². The standard InChI is InChI=1S/C10H11N3O2/c1-6-3-9(12-7(2)11-6)13-5-8(14)4-10(13)15/h3H,4-5H2,1-2H3. The molecule has 5 nitrogen and oxygen atoms in total. The van der Waals surface area contributed by atoms with Gasteiger partial charge in [-0.15, -0.1) is 0 Å². The number of Topliss-reactive ketones (excluding diaryl/α,β-unsaturated/α-hetero) is 1. The molecule has 0 aliphatic carbocycles. The third-order valence-corrected chi connectivity index (χ3v) is 2.21. The van der Waals surface area contributed by atoms with Crippen LogP contribution in [0.1, 0.15) is 17.9 Å². The Labute approximate surface area is 87.1 Å². The van der Waals surface area contributed by atoms with Crippen LogP contribution in [0.4, 0.5) is 5.82 Å². The van der Waals surface area contributed by atoms with E-state index in [0.717, 1.165) is 5.69 Å². The second kappa shape index (κ2) is 3.42. The number of ketones is 1. The number of amides is 1. The number of rotatable bonds is 1. The van der Waals surface area contributed by atoms with Crippen LogP contribution in [-0.4, -0.2) is 28.2 Å². The van der Waals surface area contributed by atoms with Crippen LogP contribution in [0.25, 0.3) is 0 Å². The van der Waals surface area contributed by atoms with Crippen molar-refractivity contribution in [2.45, 2.75) is 20.3 Å². The highest BCUT2D eigenvalue weighted by atomic mass is 16.2. The summed E-state index contributed by atoms with van der Waals surface area (Å²) in [5.41, 5.74) is 0.796. The zero-order chi connectivity index (χ0) is 11.0. The Balaban J connectivity index is 2.37. The van der Waals surface area contributed by atoms with E-state index in [4.69, 9.17) is 0 Å². The molecule has 1 saturated heterocycles. The van der Waals surface area contributed by atoms with Gasteiger partial charge in [0.2, 0.25) is 5.91 Å². The fourth-order valence-corrected chi connectivity index (χ4v) is 1.63. The summed E-state index contributed by atoms with van der Waals surface area (Å²) in [5.74, 6) is 0.888. The van der Waals surface area contributed by atoms with E-state index in [2.05, 4.69) is 9.97 Å². The van der Waals surface area contributed by atoms with Crippen LogP contribution in [0.5, 0.6) is 0 Å². The summed E-state index contributed by atoms with van der Waals surface area (Å²) >= 11 is 0. The molecule has 0 spiro atoms. The topological polar surface area (TPSA) is 63.2 Å². The van der Waals surface area contributed by atoms with Gasteiger partial charge in [0.15, 0.2) is 5.78 Å². The van der Waals surface area contributed by atoms with E-state index < -0.39 is 0 Å². The number of carbonyl (C=O) groups is 2. The van der Waals surface area contributed by atoms with Crippen molar-refractivity contribution in [3.05, 3.63) is 17.6 Å². The minimum Gasteiger partial charge on any atom is -0.297 e. The Hall–Kier alpha value is -1.78. The van der Waals surface area contributed by atoms with Crippen molar-refractivity contribution in [3.8, 4) is 0 Å². The number of aromatic nitrogens is 2. The molecule has 15 heavy (non-hydrogen) atoms. The molecule has 1 aliphatic rings. The normalized spacial score (nSPS) is 16.3. The van der Waals surface area contributed by atoms with Gasteiger partial charge in [0.05, 0.1) is 13.0 Å². The predicted octanol–water partition coefficient (Wildman–Crippen LogP) is 0.399. The van der Waals surface area contributed by atoms with Crippen LogP contribution in [-0.2, 0) is 9.59 Å². The van der Waals surface area contributed by atoms with Gasteiger partial charge in [-0.1, -0.05) is 0 Å². The fourth-order valence-electron chi connectivity index (χ4n) is 1.63. The summed E-state index contributed by atoms with van der Waals surface area (Å²) in [6.45, 7) is 3.73. The smallest absolute Gasteiger partial charge is 0.236 e. The Morgan fingerprint density at radius 3 is 2.53 bits per heavy atom. The highest BCUT2D eigenvalue weighted by Gasteiger charge is 2.29. The summed E-state index contributed by atoms with van der Waals surface area (Å²) in [4.78, 5) is 32.2. The van der Waals surface area contributed by atoms with Crippen molar-refractivity contribution in [1.29, 1.82) is 0 Å². The SMILES string of the molecule is Cc1cc(N2CC(=O)CC2=O)nc(C)n1. The van der Waals surface area contributed by atoms with Crippen LogP contribution in [0, 0.1) is 13.8 Å². The maximum absolute atomic E-state index is 11.5. The molecule has 78 valence electrons. The number of hydrogen-bond acceptors (Lipinski definition) is 4. The first-order valence-electron chi connectivity index (χ1n) is 4.70. The Morgan fingerprint density at radius 2 is 2.00 bits per heavy atom. The van der Waals surface area contributed by atoms with Gasteiger partial charge in [-0.2, -0.15) is 0 Å². The maximum Gasteiger partial charge on any atom is 0.236 e. The molecular formula is C10H11N3O2. The Bertz CT molecular complexity index is 422. The molecule has 5 heteroatoms. The van der Waals surface area contributed by atoms with E-state index in [9.17, 15) is 9.59 Å². The quantitative estimate of drug-likeness (QED) is 0.622. The summed E-state index contributed by atoms with van der Waals surface area (Å²) in [6, 6.07) is 1.71. The molecule has 1 aliphatic heterocycles. The number of aryl methyl sites for hydroxylation is 2. The van der Waals surface area contributed by atoms with Gasteiger partial charge in [-0.05, 0) is 13.8 Å². The molecular weight excluding hydrogens is 194 g/mol. The van der Waals surface area contributed by atoms with Gasteiger partial charge >= 0.3 is 0 Å². The molecule has 0 saturated carbocycles. The minimum atomic E-state index is -0.183. The van der Waals surface area contributed by atoms with E-state index >= 15 is 0 Å². The molecule has 0 atom stereocenters. The third-order valence-electron chi connectivity index (χ3n) is 2.21. The second-order valence-electron chi connectivity index (χ2n) is 3.61. The molecule has 1 aromatic rings. The van der Waals surface area contributed by atoms with Crippen LogP contribution in [0.2, 0.25) is 0 Å². The first-order chi connectivity index (χ1) is 7.06. The molecule has 1 fully saturated rings. The van der Waals surface area contributed by atoms with Gasteiger partial charge in [0, 0.05) is 11.8 Å². The molecule has 2 rings (SSSR count). The van der Waals surface area contributed by atoms with Gasteiger partial charge < -0.3 is 0 Å². The molecule has 0 radical (unpaired) electrons. The molecule has 0 bridgehead atoms. The number of anilines is 1. The van der Waals surface area contributed by atoms with E-state index in [1.807, 2.05) is 6.92 Å². The first kappa shape index (κ1) is 9.76. The lowest BCUT2D eigenvalue weighted by atomic mass is 10.3. The van der Waals surface area contributed by atoms with Crippen molar-refractivity contribution in [3.63, 3.8) is 0 Å². The zero-order valence-corrected chi connectivity index (χ0v) is 8.65. The average Bonchev–Trinajstić information content (AvgIpc) is 2.43. The highest BCUT2D eigenvalue weighted by molar-refractivity contribution is 6.14. The monoisotopic (exact) mass is 205 g/mol. The van der Waals surface area contributed by atoms with Crippen LogP contribution in [0.3, 0.4) is 0 Å². The lowest BCUT2D eigenvalue weighted by Crippen LogP contribution is -2.26. The number of nitrogens with zero attached hydrogens (tertiary/aromatic N) is 3. The molecule has 1 aromatic heterocycles. The number of hydrogen-bond donors (Lipinski definition) is 0. The lowest BCUT2D eigenvalue weighted by molar-refractivity contribution is -0.121. The number of carbonyl (C=O) groups excluding carboxylic acids is 2. The molecule has 2 heterocycles. The molecule has 0 unspecified atom stereocenters. The Morgan fingerprint density at radius 1 is 1.27 bits per heavy atom. The van der Waals surface area contributed by atoms with Crippen LogP contribution < -0.4 is 4.90 Å². The van der Waals surface area contributed by atoms with Crippen LogP contribution in [0.15, 0.2) is 6.07 Å². The van der Waals surface area contributed by atoms with Crippen molar-refractivity contribution < 1.29 is 9.59 Å². The Kier molecular flexibility index (Phi) is 2.22. The van der Waals surface area contributed by atoms with E-state index in [1.54, 1.807) is 13.0 Å². The second-order valence-corrected chi connectivity index (χ2v) is 3.61. The van der Waals surface area contributed by atoms with E-state index in [0.29, 0.717) is 11.6 Å². The van der Waals surface area contributed by atoms with Crippen molar-refractivity contribution >= 4 is 17.5 Å². The van der Waals surface area contributed by atoms with Crippen molar-refractivity contribution in [2.24, 2.45) is 0 Å². The van der Waals surface area contributed by atoms with Gasteiger partial charge in [-0.25, -0.2) is 9.97 Å². The van der Waals surface area contributed by atoms with Crippen molar-refractivity contribution in [1.82, 2.24) is 9.97 Å². The summed E-state index contributed by atoms with van der Waals surface area (Å²) in [6.07, 6.45) is -0.0118. The summed E-state index contributed by atoms with van der Waals surface area (Å²) in [7, 11) is 0. The van der Waals surface area contributed by atoms with Gasteiger partial charge in [0.25, 0.3) is 0 Å². The third kappa shape index (κ3) is 1.86. The lowest BCUT2D eigenvalue weighted by Gasteiger charge is -2.13. The van der Waals surface area contributed by atoms with E-state index in [1.165, 1.54) is 4.90 Å². The predicted molar refractivity (Wildman–Crippen MR) is 53.5 cm³/mol. The van der Waals surface area contributed by atoms with E-state index in [-0.39, 0.29) is 24.7 Å². The zero-order valence-electron chi connectivity index (χ0n) is 8.65. The fraction of sp³-hybridized carbons (Fsp3) is 0.400. The summed E-state index contributed by atoms with van der Waals surface area (Å²) < 4.78 is 0. The highest BCUT2D eigenvalue weighted by Crippen LogP contribution is 2.17. The molecule has 1 amide bonds. The maximum atomic E-state index is 11.5. The largest absolute Gasteiger partial charge is 0.297 e. The molecule has 0 aromatic carbocycles. The minimum absolute atomic E-state index is 0.0118. The molecule has 0 N–H and O–H groups in total.